The fourth-order valence-electron chi connectivity index (χ4n) is 4.13. The van der Waals surface area contributed by atoms with Gasteiger partial charge in [-0.1, -0.05) is 60.7 Å². The molecule has 1 atom stereocenters. The van der Waals surface area contributed by atoms with E-state index in [4.69, 9.17) is 0 Å². The van der Waals surface area contributed by atoms with Crippen LogP contribution in [-0.2, 0) is 41.8 Å². The lowest BCUT2D eigenvalue weighted by Gasteiger charge is -2.19. The van der Waals surface area contributed by atoms with Crippen LogP contribution in [0.3, 0.4) is 0 Å². The Bertz CT molecular complexity index is 1650. The van der Waals surface area contributed by atoms with Gasteiger partial charge in [0.25, 0.3) is 5.56 Å². The molecule has 4 aromatic rings. The molecule has 1 amide bonds. The lowest BCUT2D eigenvalue weighted by atomic mass is 10.1. The summed E-state index contributed by atoms with van der Waals surface area (Å²) in [7, 11) is -1.35. The molecular formula is C27H28N4O5S. The number of rotatable bonds is 9. The summed E-state index contributed by atoms with van der Waals surface area (Å²) >= 11 is 0. The molecular weight excluding hydrogens is 492 g/mol. The van der Waals surface area contributed by atoms with E-state index in [9.17, 15) is 22.8 Å². The molecule has 0 radical (unpaired) electrons. The minimum Gasteiger partial charge on any atom is -0.354 e. The number of fused-ring (bicyclic) bond motifs is 1. The number of amides is 1. The summed E-state index contributed by atoms with van der Waals surface area (Å²) in [5, 5.41) is 2.91. The predicted octanol–water partition coefficient (Wildman–Crippen LogP) is 1.49. The van der Waals surface area contributed by atoms with Crippen LogP contribution in [-0.4, -0.2) is 36.0 Å². The number of aryl methyl sites for hydroxylation is 1. The molecule has 0 saturated carbocycles. The molecule has 0 aliphatic heterocycles. The highest BCUT2D eigenvalue weighted by molar-refractivity contribution is 7.89. The zero-order valence-corrected chi connectivity index (χ0v) is 21.4. The van der Waals surface area contributed by atoms with Crippen molar-refractivity contribution in [2.24, 2.45) is 14.1 Å². The van der Waals surface area contributed by atoms with Crippen molar-refractivity contribution in [3.8, 4) is 0 Å². The maximum Gasteiger partial charge on any atom is 0.330 e. The molecule has 1 unspecified atom stereocenters. The molecule has 9 nitrogen and oxygen atoms in total. The molecule has 1 aromatic heterocycles. The molecule has 0 spiro atoms. The van der Waals surface area contributed by atoms with E-state index in [1.54, 1.807) is 0 Å². The Hall–Kier alpha value is -4.02. The largest absolute Gasteiger partial charge is 0.354 e. The molecule has 4 rings (SSSR count). The highest BCUT2D eigenvalue weighted by atomic mass is 32.2. The maximum atomic E-state index is 13.4. The summed E-state index contributed by atoms with van der Waals surface area (Å²) in [6, 6.07) is 21.6. The molecule has 0 fully saturated rings. The zero-order chi connectivity index (χ0) is 26.6. The van der Waals surface area contributed by atoms with E-state index in [-0.39, 0.29) is 16.7 Å². The summed E-state index contributed by atoms with van der Waals surface area (Å²) in [6.45, 7) is 0.343. The number of carbonyl (C=O) groups excluding carboxylic acids is 1. The first-order valence-corrected chi connectivity index (χ1v) is 13.2. The lowest BCUT2D eigenvalue weighted by Crippen LogP contribution is -2.48. The Labute approximate surface area is 214 Å². The fourth-order valence-corrected chi connectivity index (χ4v) is 5.35. The number of aromatic nitrogens is 2. The van der Waals surface area contributed by atoms with Gasteiger partial charge in [-0.3, -0.25) is 18.7 Å². The summed E-state index contributed by atoms with van der Waals surface area (Å²) in [5.41, 5.74) is 1.04. The van der Waals surface area contributed by atoms with Crippen molar-refractivity contribution in [2.75, 3.05) is 6.54 Å². The van der Waals surface area contributed by atoms with Crippen molar-refractivity contribution in [1.29, 1.82) is 0 Å². The second kappa shape index (κ2) is 10.9. The average molecular weight is 521 g/mol. The molecule has 37 heavy (non-hydrogen) atoms. The fraction of sp³-hybridized carbons (Fsp3) is 0.222. The van der Waals surface area contributed by atoms with E-state index in [1.807, 2.05) is 60.7 Å². The number of sulfonamides is 1. The molecule has 10 heteroatoms. The van der Waals surface area contributed by atoms with Crippen molar-refractivity contribution in [3.05, 3.63) is 111 Å². The van der Waals surface area contributed by atoms with Gasteiger partial charge in [0.05, 0.1) is 15.8 Å². The summed E-state index contributed by atoms with van der Waals surface area (Å²) in [4.78, 5) is 37.8. The Morgan fingerprint density at radius 1 is 0.865 bits per heavy atom. The van der Waals surface area contributed by atoms with Gasteiger partial charge >= 0.3 is 5.69 Å². The standard InChI is InChI=1S/C27H28N4O5S/c1-30-24-14-13-21(18-22(24)26(33)31(2)27(30)34)37(35,36)29-23(17-20-11-7-4-8-12-20)25(32)28-16-15-19-9-5-3-6-10-19/h3-14,18,23,29H,15-17H2,1-2H3,(H,28,32). The van der Waals surface area contributed by atoms with Gasteiger partial charge in [-0.05, 0) is 42.2 Å². The van der Waals surface area contributed by atoms with Crippen molar-refractivity contribution in [2.45, 2.75) is 23.8 Å². The Kier molecular flexibility index (Phi) is 7.70. The number of benzene rings is 3. The average Bonchev–Trinajstić information content (AvgIpc) is 2.91. The van der Waals surface area contributed by atoms with E-state index >= 15 is 0 Å². The van der Waals surface area contributed by atoms with Crippen LogP contribution in [0.15, 0.2) is 93.3 Å². The maximum absolute atomic E-state index is 13.4. The molecule has 3 aromatic carbocycles. The van der Waals surface area contributed by atoms with Crippen molar-refractivity contribution in [1.82, 2.24) is 19.2 Å². The highest BCUT2D eigenvalue weighted by Crippen LogP contribution is 2.16. The van der Waals surface area contributed by atoms with Gasteiger partial charge in [0.2, 0.25) is 15.9 Å². The normalized spacial score (nSPS) is 12.4. The Morgan fingerprint density at radius 3 is 2.14 bits per heavy atom. The predicted molar refractivity (Wildman–Crippen MR) is 142 cm³/mol. The Balaban J connectivity index is 1.61. The third kappa shape index (κ3) is 5.87. The highest BCUT2D eigenvalue weighted by Gasteiger charge is 2.26. The Morgan fingerprint density at radius 2 is 1.49 bits per heavy atom. The second-order valence-corrected chi connectivity index (χ2v) is 10.5. The van der Waals surface area contributed by atoms with Crippen LogP contribution in [0.25, 0.3) is 10.9 Å². The topological polar surface area (TPSA) is 119 Å². The van der Waals surface area contributed by atoms with Crippen LogP contribution in [0.2, 0.25) is 0 Å². The minimum atomic E-state index is -4.19. The van der Waals surface area contributed by atoms with E-state index in [1.165, 1.54) is 36.9 Å². The van der Waals surface area contributed by atoms with Gasteiger partial charge in [0, 0.05) is 20.6 Å². The van der Waals surface area contributed by atoms with Crippen molar-refractivity contribution in [3.63, 3.8) is 0 Å². The summed E-state index contributed by atoms with van der Waals surface area (Å²) in [6.07, 6.45) is 0.741. The molecule has 0 bridgehead atoms. The van der Waals surface area contributed by atoms with Gasteiger partial charge in [-0.15, -0.1) is 0 Å². The first-order chi connectivity index (χ1) is 17.7. The van der Waals surface area contributed by atoms with E-state index < -0.39 is 33.2 Å². The SMILES string of the molecule is Cn1c(=O)c2cc(S(=O)(=O)NC(Cc3ccccc3)C(=O)NCCc3ccccc3)ccc2n(C)c1=O. The van der Waals surface area contributed by atoms with Gasteiger partial charge in [0.15, 0.2) is 0 Å². The quantitative estimate of drug-likeness (QED) is 0.347. The number of carbonyl (C=O) groups is 1. The third-order valence-corrected chi connectivity index (χ3v) is 7.67. The summed E-state index contributed by atoms with van der Waals surface area (Å²) < 4.78 is 31.4. The van der Waals surface area contributed by atoms with E-state index in [2.05, 4.69) is 10.0 Å². The third-order valence-electron chi connectivity index (χ3n) is 6.20. The molecule has 0 aliphatic carbocycles. The van der Waals surface area contributed by atoms with Crippen LogP contribution in [0.1, 0.15) is 11.1 Å². The number of hydrogen-bond donors (Lipinski definition) is 2. The first kappa shape index (κ1) is 26.1. The molecule has 0 saturated heterocycles. The van der Waals surface area contributed by atoms with Crippen LogP contribution >= 0.6 is 0 Å². The molecule has 2 N–H and O–H groups in total. The van der Waals surface area contributed by atoms with Crippen molar-refractivity contribution >= 4 is 26.8 Å². The smallest absolute Gasteiger partial charge is 0.330 e. The van der Waals surface area contributed by atoms with Crippen LogP contribution in [0.4, 0.5) is 0 Å². The molecule has 1 heterocycles. The second-order valence-electron chi connectivity index (χ2n) is 8.77. The lowest BCUT2D eigenvalue weighted by molar-refractivity contribution is -0.122. The first-order valence-electron chi connectivity index (χ1n) is 11.7. The zero-order valence-electron chi connectivity index (χ0n) is 20.5. The van der Waals surface area contributed by atoms with Crippen LogP contribution in [0, 0.1) is 0 Å². The molecule has 0 aliphatic rings. The van der Waals surface area contributed by atoms with Gasteiger partial charge in [-0.25, -0.2) is 13.2 Å². The van der Waals surface area contributed by atoms with Crippen molar-refractivity contribution < 1.29 is 13.2 Å². The van der Waals surface area contributed by atoms with Crippen LogP contribution < -0.4 is 21.3 Å². The van der Waals surface area contributed by atoms with Gasteiger partial charge in [-0.2, -0.15) is 4.72 Å². The van der Waals surface area contributed by atoms with E-state index in [0.717, 1.165) is 15.7 Å². The van der Waals surface area contributed by atoms with Crippen LogP contribution in [0.5, 0.6) is 0 Å². The van der Waals surface area contributed by atoms with E-state index in [0.29, 0.717) is 18.5 Å². The summed E-state index contributed by atoms with van der Waals surface area (Å²) in [5.74, 6) is -0.456. The number of nitrogens with one attached hydrogen (secondary N) is 2. The van der Waals surface area contributed by atoms with Gasteiger partial charge < -0.3 is 5.32 Å². The molecule has 192 valence electrons. The monoisotopic (exact) mass is 520 g/mol. The van der Waals surface area contributed by atoms with Gasteiger partial charge in [0.1, 0.15) is 6.04 Å². The number of hydrogen-bond acceptors (Lipinski definition) is 5. The number of nitrogens with zero attached hydrogens (tertiary/aromatic N) is 2. The minimum absolute atomic E-state index is 0.0828.